The number of halogens is 1. The number of hydrogen-bond acceptors (Lipinski definition) is 7. The Balaban J connectivity index is 1.28. The summed E-state index contributed by atoms with van der Waals surface area (Å²) in [5.74, 6) is -0.772. The van der Waals surface area contributed by atoms with E-state index >= 15 is 0 Å². The first-order chi connectivity index (χ1) is 15.8. The zero-order valence-corrected chi connectivity index (χ0v) is 20.2. The second-order valence-corrected chi connectivity index (χ2v) is 11.5. The summed E-state index contributed by atoms with van der Waals surface area (Å²) in [4.78, 5) is 14.5. The Morgan fingerprint density at radius 1 is 1.12 bits per heavy atom. The predicted molar refractivity (Wildman–Crippen MR) is 125 cm³/mol. The molecule has 0 atom stereocenters. The third-order valence-electron chi connectivity index (χ3n) is 6.23. The van der Waals surface area contributed by atoms with E-state index in [9.17, 15) is 17.6 Å². The summed E-state index contributed by atoms with van der Waals surface area (Å²) in [7, 11) is -1.75. The average Bonchev–Trinajstić information content (AvgIpc) is 3.29. The fraction of sp³-hybridized carbons (Fsp3) is 0.571. The number of amides is 1. The molecule has 1 N–H and O–H groups in total. The molecule has 1 saturated heterocycles. The zero-order valence-electron chi connectivity index (χ0n) is 18.6. The maximum atomic E-state index is 13.0. The monoisotopic (exact) mass is 496 g/mol. The molecule has 9 nitrogen and oxygen atoms in total. The quantitative estimate of drug-likeness (QED) is 0.633. The van der Waals surface area contributed by atoms with Crippen molar-refractivity contribution in [3.63, 3.8) is 0 Å². The highest BCUT2D eigenvalue weighted by molar-refractivity contribution is 7.86. The summed E-state index contributed by atoms with van der Waals surface area (Å²) in [5, 5.41) is 11.7. The Morgan fingerprint density at radius 2 is 1.79 bits per heavy atom. The summed E-state index contributed by atoms with van der Waals surface area (Å²) in [5.41, 5.74) is 0.480. The second kappa shape index (κ2) is 10.5. The summed E-state index contributed by atoms with van der Waals surface area (Å²) in [6.07, 6.45) is 5.23. The van der Waals surface area contributed by atoms with E-state index in [1.54, 1.807) is 15.7 Å². The van der Waals surface area contributed by atoms with Gasteiger partial charge in [-0.15, -0.1) is 10.2 Å². The summed E-state index contributed by atoms with van der Waals surface area (Å²) in [6.45, 7) is 2.54. The standard InChI is InChI=1S/C21H29FN6O3S2/c1-26(18-5-3-2-4-6-18)33(30,31)28-13-11-27(12-14-28)15-19-24-25-21(32-19)20(29)23-17-9-7-16(22)8-10-17/h7-10,18H,2-6,11-15H2,1H3,(H,23,29). The van der Waals surface area contributed by atoms with Crippen molar-refractivity contribution in [2.75, 3.05) is 38.5 Å². The minimum Gasteiger partial charge on any atom is -0.320 e. The van der Waals surface area contributed by atoms with Crippen molar-refractivity contribution in [2.45, 2.75) is 44.7 Å². The topological polar surface area (TPSA) is 98.7 Å². The highest BCUT2D eigenvalue weighted by Gasteiger charge is 2.34. The number of benzene rings is 1. The smallest absolute Gasteiger partial charge is 0.286 e. The van der Waals surface area contributed by atoms with Gasteiger partial charge >= 0.3 is 0 Å². The number of hydrogen-bond donors (Lipinski definition) is 1. The number of carbonyl (C=O) groups excluding carboxylic acids is 1. The molecule has 4 rings (SSSR count). The Labute approximate surface area is 197 Å². The van der Waals surface area contributed by atoms with Crippen LogP contribution >= 0.6 is 11.3 Å². The molecule has 0 unspecified atom stereocenters. The number of aromatic nitrogens is 2. The van der Waals surface area contributed by atoms with Gasteiger partial charge in [-0.2, -0.15) is 17.0 Å². The van der Waals surface area contributed by atoms with Crippen molar-refractivity contribution >= 4 is 33.1 Å². The van der Waals surface area contributed by atoms with Gasteiger partial charge in [0.15, 0.2) is 0 Å². The zero-order chi connectivity index (χ0) is 23.4. The molecule has 2 heterocycles. The van der Waals surface area contributed by atoms with Crippen LogP contribution in [0.3, 0.4) is 0 Å². The van der Waals surface area contributed by atoms with Gasteiger partial charge in [-0.25, -0.2) is 4.39 Å². The van der Waals surface area contributed by atoms with Crippen molar-refractivity contribution in [2.24, 2.45) is 0 Å². The van der Waals surface area contributed by atoms with Crippen LogP contribution in [0.25, 0.3) is 0 Å². The van der Waals surface area contributed by atoms with Gasteiger partial charge < -0.3 is 5.32 Å². The van der Waals surface area contributed by atoms with Gasteiger partial charge in [0.25, 0.3) is 16.1 Å². The van der Waals surface area contributed by atoms with Crippen LogP contribution in [-0.2, 0) is 16.8 Å². The van der Waals surface area contributed by atoms with E-state index in [4.69, 9.17) is 0 Å². The molecule has 1 saturated carbocycles. The van der Waals surface area contributed by atoms with E-state index in [1.807, 2.05) is 0 Å². The van der Waals surface area contributed by atoms with Gasteiger partial charge in [-0.05, 0) is 37.1 Å². The molecular formula is C21H29FN6O3S2. The molecule has 1 aromatic heterocycles. The number of nitrogens with zero attached hydrogens (tertiary/aromatic N) is 5. The molecule has 1 aliphatic heterocycles. The van der Waals surface area contributed by atoms with Gasteiger partial charge in [-0.1, -0.05) is 30.6 Å². The minimum absolute atomic E-state index is 0.0997. The normalized spacial score (nSPS) is 19.1. The number of rotatable bonds is 7. The summed E-state index contributed by atoms with van der Waals surface area (Å²) >= 11 is 1.20. The van der Waals surface area contributed by atoms with Gasteiger partial charge in [0.2, 0.25) is 5.01 Å². The molecule has 33 heavy (non-hydrogen) atoms. The van der Waals surface area contributed by atoms with Crippen LogP contribution in [0, 0.1) is 5.82 Å². The number of nitrogens with one attached hydrogen (secondary N) is 1. The Hall–Kier alpha value is -1.99. The third-order valence-corrected chi connectivity index (χ3v) is 9.18. The molecule has 1 aromatic carbocycles. The molecule has 12 heteroatoms. The van der Waals surface area contributed by atoms with Crippen LogP contribution in [0.5, 0.6) is 0 Å². The van der Waals surface area contributed by atoms with Crippen LogP contribution in [0.2, 0.25) is 0 Å². The molecule has 2 fully saturated rings. The lowest BCUT2D eigenvalue weighted by Crippen LogP contribution is -2.54. The van der Waals surface area contributed by atoms with Crippen LogP contribution in [0.4, 0.5) is 10.1 Å². The first-order valence-corrected chi connectivity index (χ1v) is 13.4. The molecule has 0 radical (unpaired) electrons. The maximum Gasteiger partial charge on any atom is 0.286 e. The fourth-order valence-corrected chi connectivity index (χ4v) is 6.61. The van der Waals surface area contributed by atoms with Crippen LogP contribution < -0.4 is 5.32 Å². The number of anilines is 1. The van der Waals surface area contributed by atoms with E-state index < -0.39 is 16.1 Å². The lowest BCUT2D eigenvalue weighted by atomic mass is 9.96. The SMILES string of the molecule is CN(C1CCCCC1)S(=O)(=O)N1CCN(Cc2nnc(C(=O)Nc3ccc(F)cc3)s2)CC1. The first kappa shape index (κ1) is 24.1. The minimum atomic E-state index is -3.46. The van der Waals surface area contributed by atoms with E-state index in [-0.39, 0.29) is 16.9 Å². The van der Waals surface area contributed by atoms with Gasteiger partial charge in [0, 0.05) is 45.0 Å². The molecule has 180 valence electrons. The van der Waals surface area contributed by atoms with Gasteiger partial charge in [-0.3, -0.25) is 9.69 Å². The van der Waals surface area contributed by atoms with E-state index in [0.717, 1.165) is 25.7 Å². The van der Waals surface area contributed by atoms with Crippen molar-refractivity contribution in [3.8, 4) is 0 Å². The third kappa shape index (κ3) is 5.93. The largest absolute Gasteiger partial charge is 0.320 e. The molecule has 2 aliphatic rings. The summed E-state index contributed by atoms with van der Waals surface area (Å²) in [6, 6.07) is 5.60. The number of piperazine rings is 1. The second-order valence-electron chi connectivity index (χ2n) is 8.45. The summed E-state index contributed by atoms with van der Waals surface area (Å²) < 4.78 is 42.2. The van der Waals surface area contributed by atoms with E-state index in [1.165, 1.54) is 42.0 Å². The lowest BCUT2D eigenvalue weighted by molar-refractivity contribution is 0.102. The van der Waals surface area contributed by atoms with Crippen molar-refractivity contribution in [1.29, 1.82) is 0 Å². The molecule has 0 bridgehead atoms. The van der Waals surface area contributed by atoms with E-state index in [0.29, 0.717) is 43.4 Å². The van der Waals surface area contributed by atoms with Gasteiger partial charge in [0.1, 0.15) is 10.8 Å². The maximum absolute atomic E-state index is 13.0. The van der Waals surface area contributed by atoms with Gasteiger partial charge in [0.05, 0.1) is 6.54 Å². The van der Waals surface area contributed by atoms with Crippen LogP contribution in [0.15, 0.2) is 24.3 Å². The Kier molecular flexibility index (Phi) is 7.69. The molecular weight excluding hydrogens is 467 g/mol. The lowest BCUT2D eigenvalue weighted by Gasteiger charge is -2.38. The van der Waals surface area contributed by atoms with Crippen molar-refractivity contribution < 1.29 is 17.6 Å². The molecule has 0 spiro atoms. The van der Waals surface area contributed by atoms with Crippen molar-refractivity contribution in [1.82, 2.24) is 23.7 Å². The van der Waals surface area contributed by atoms with Crippen molar-refractivity contribution in [3.05, 3.63) is 40.1 Å². The Morgan fingerprint density at radius 3 is 2.45 bits per heavy atom. The fourth-order valence-electron chi connectivity index (χ4n) is 4.25. The van der Waals surface area contributed by atoms with E-state index in [2.05, 4.69) is 20.4 Å². The molecule has 1 aliphatic carbocycles. The highest BCUT2D eigenvalue weighted by atomic mass is 32.2. The highest BCUT2D eigenvalue weighted by Crippen LogP contribution is 2.25. The van der Waals surface area contributed by atoms with Crippen LogP contribution in [-0.4, -0.2) is 77.3 Å². The van der Waals surface area contributed by atoms with Crippen LogP contribution in [0.1, 0.15) is 46.9 Å². The Bertz CT molecular complexity index is 1050. The predicted octanol–water partition coefficient (Wildman–Crippen LogP) is 2.56. The molecule has 2 aromatic rings. The molecule has 1 amide bonds. The first-order valence-electron chi connectivity index (χ1n) is 11.2. The number of carbonyl (C=O) groups is 1. The average molecular weight is 497 g/mol.